The Morgan fingerprint density at radius 1 is 0.972 bits per heavy atom. The summed E-state index contributed by atoms with van der Waals surface area (Å²) >= 11 is 0. The Labute approximate surface area is 211 Å². The average molecular weight is 483 g/mol. The SMILES string of the molecule is CC1CN(c2ccccc2)CCN1C(=O)CC1(c2ccccc2)CC(=O)N(Cc2cccnc2)C1=O. The Kier molecular flexibility index (Phi) is 6.55. The van der Waals surface area contributed by atoms with Crippen LogP contribution in [0.3, 0.4) is 0 Å². The number of nitrogens with zero attached hydrogens (tertiary/aromatic N) is 4. The molecule has 2 unspecified atom stereocenters. The number of carbonyl (C=O) groups is 3. The largest absolute Gasteiger partial charge is 0.368 e. The van der Waals surface area contributed by atoms with Gasteiger partial charge in [0.25, 0.3) is 0 Å². The Morgan fingerprint density at radius 3 is 2.36 bits per heavy atom. The number of hydrogen-bond donors (Lipinski definition) is 0. The van der Waals surface area contributed by atoms with Crippen molar-refractivity contribution in [2.24, 2.45) is 0 Å². The van der Waals surface area contributed by atoms with Crippen LogP contribution in [0.5, 0.6) is 0 Å². The molecule has 7 nitrogen and oxygen atoms in total. The van der Waals surface area contributed by atoms with Crippen LogP contribution in [0.2, 0.25) is 0 Å². The molecule has 36 heavy (non-hydrogen) atoms. The van der Waals surface area contributed by atoms with E-state index in [2.05, 4.69) is 22.0 Å². The summed E-state index contributed by atoms with van der Waals surface area (Å²) in [5.41, 5.74) is 1.43. The van der Waals surface area contributed by atoms with Gasteiger partial charge in [0.2, 0.25) is 17.7 Å². The number of aromatic nitrogens is 1. The monoisotopic (exact) mass is 482 g/mol. The fourth-order valence-electron chi connectivity index (χ4n) is 5.42. The van der Waals surface area contributed by atoms with Crippen molar-refractivity contribution in [1.29, 1.82) is 0 Å². The molecule has 2 aliphatic rings. The molecule has 2 saturated heterocycles. The lowest BCUT2D eigenvalue weighted by Crippen LogP contribution is -2.55. The lowest BCUT2D eigenvalue weighted by Gasteiger charge is -2.42. The summed E-state index contributed by atoms with van der Waals surface area (Å²) in [7, 11) is 0. The van der Waals surface area contributed by atoms with Gasteiger partial charge in [-0.15, -0.1) is 0 Å². The summed E-state index contributed by atoms with van der Waals surface area (Å²) in [6.07, 6.45) is 3.27. The highest BCUT2D eigenvalue weighted by Crippen LogP contribution is 2.41. The molecule has 3 heterocycles. The van der Waals surface area contributed by atoms with E-state index in [0.717, 1.165) is 17.8 Å². The predicted octanol–water partition coefficient (Wildman–Crippen LogP) is 3.41. The molecule has 5 rings (SSSR count). The van der Waals surface area contributed by atoms with Crippen LogP contribution in [0, 0.1) is 0 Å². The minimum absolute atomic E-state index is 0.0137. The average Bonchev–Trinajstić information content (AvgIpc) is 3.15. The van der Waals surface area contributed by atoms with E-state index in [1.165, 1.54) is 4.90 Å². The van der Waals surface area contributed by atoms with Gasteiger partial charge in [0.15, 0.2) is 0 Å². The molecule has 0 N–H and O–H groups in total. The lowest BCUT2D eigenvalue weighted by atomic mass is 9.75. The summed E-state index contributed by atoms with van der Waals surface area (Å²) in [6, 6.07) is 23.1. The molecule has 1 aromatic heterocycles. The van der Waals surface area contributed by atoms with Crippen molar-refractivity contribution < 1.29 is 14.4 Å². The Hall–Kier alpha value is -4.00. The topological polar surface area (TPSA) is 73.8 Å². The van der Waals surface area contributed by atoms with E-state index < -0.39 is 5.41 Å². The maximum Gasteiger partial charge on any atom is 0.241 e. The Balaban J connectivity index is 1.38. The predicted molar refractivity (Wildman–Crippen MR) is 137 cm³/mol. The highest BCUT2D eigenvalue weighted by Gasteiger charge is 2.54. The molecular weight excluding hydrogens is 452 g/mol. The second-order valence-electron chi connectivity index (χ2n) is 9.67. The number of piperazine rings is 1. The van der Waals surface area contributed by atoms with Crippen LogP contribution in [0.4, 0.5) is 5.69 Å². The first kappa shape index (κ1) is 23.7. The van der Waals surface area contributed by atoms with Crippen LogP contribution in [0.1, 0.15) is 30.9 Å². The van der Waals surface area contributed by atoms with Gasteiger partial charge in [-0.1, -0.05) is 54.6 Å². The quantitative estimate of drug-likeness (QED) is 0.504. The van der Waals surface area contributed by atoms with Gasteiger partial charge in [-0.05, 0) is 36.2 Å². The van der Waals surface area contributed by atoms with Crippen LogP contribution in [-0.4, -0.2) is 58.2 Å². The third-order valence-electron chi connectivity index (χ3n) is 7.32. The van der Waals surface area contributed by atoms with Gasteiger partial charge in [0.1, 0.15) is 0 Å². The zero-order valence-corrected chi connectivity index (χ0v) is 20.4. The van der Waals surface area contributed by atoms with Gasteiger partial charge >= 0.3 is 0 Å². The maximum absolute atomic E-state index is 13.9. The number of imide groups is 1. The molecule has 184 valence electrons. The molecule has 3 aromatic rings. The van der Waals surface area contributed by atoms with Crippen LogP contribution >= 0.6 is 0 Å². The number of benzene rings is 2. The minimum Gasteiger partial charge on any atom is -0.368 e. The number of rotatable bonds is 6. The standard InChI is InChI=1S/C29H30N4O3/c1-22-20-31(25-12-6-3-7-13-25)15-16-32(22)26(34)17-29(24-10-4-2-5-11-24)18-27(35)33(28(29)36)21-23-9-8-14-30-19-23/h2-14,19,22H,15-18,20-21H2,1H3. The van der Waals surface area contributed by atoms with Crippen LogP contribution in [-0.2, 0) is 26.3 Å². The van der Waals surface area contributed by atoms with Crippen LogP contribution < -0.4 is 4.90 Å². The summed E-state index contributed by atoms with van der Waals surface area (Å²) in [5, 5.41) is 0. The molecule has 2 fully saturated rings. The highest BCUT2D eigenvalue weighted by molar-refractivity contribution is 6.10. The molecule has 0 aliphatic carbocycles. The summed E-state index contributed by atoms with van der Waals surface area (Å²) < 4.78 is 0. The van der Waals surface area contributed by atoms with E-state index in [9.17, 15) is 14.4 Å². The second kappa shape index (κ2) is 9.93. The van der Waals surface area contributed by atoms with E-state index in [0.29, 0.717) is 18.7 Å². The van der Waals surface area contributed by atoms with E-state index in [-0.39, 0.29) is 43.1 Å². The first-order chi connectivity index (χ1) is 17.5. The number of carbonyl (C=O) groups excluding carboxylic acids is 3. The molecule has 0 saturated carbocycles. The normalized spacial score (nSPS) is 22.2. The van der Waals surface area contributed by atoms with Crippen LogP contribution in [0.25, 0.3) is 0 Å². The van der Waals surface area contributed by atoms with Gasteiger partial charge in [-0.2, -0.15) is 0 Å². The van der Waals surface area contributed by atoms with E-state index >= 15 is 0 Å². The summed E-state index contributed by atoms with van der Waals surface area (Å²) in [5.74, 6) is -0.669. The van der Waals surface area contributed by atoms with E-state index in [4.69, 9.17) is 0 Å². The van der Waals surface area contributed by atoms with Gasteiger partial charge in [-0.3, -0.25) is 24.3 Å². The molecule has 2 atom stereocenters. The third-order valence-corrected chi connectivity index (χ3v) is 7.32. The van der Waals surface area contributed by atoms with Crippen molar-refractivity contribution in [1.82, 2.24) is 14.8 Å². The number of likely N-dealkylation sites (tertiary alicyclic amines) is 1. The van der Waals surface area contributed by atoms with Crippen molar-refractivity contribution in [3.8, 4) is 0 Å². The van der Waals surface area contributed by atoms with Crippen molar-refractivity contribution in [3.05, 3.63) is 96.3 Å². The van der Waals surface area contributed by atoms with Gasteiger partial charge in [0, 0.05) is 56.6 Å². The molecule has 0 spiro atoms. The van der Waals surface area contributed by atoms with Crippen LogP contribution in [0.15, 0.2) is 85.2 Å². The first-order valence-electron chi connectivity index (χ1n) is 12.4. The van der Waals surface area contributed by atoms with Crippen molar-refractivity contribution in [2.75, 3.05) is 24.5 Å². The molecule has 0 radical (unpaired) electrons. The van der Waals surface area contributed by atoms with Gasteiger partial charge < -0.3 is 9.80 Å². The van der Waals surface area contributed by atoms with Gasteiger partial charge in [0.05, 0.1) is 12.0 Å². The van der Waals surface area contributed by atoms with E-state index in [1.807, 2.05) is 66.4 Å². The number of anilines is 1. The summed E-state index contributed by atoms with van der Waals surface area (Å²) in [6.45, 7) is 4.20. The number of pyridine rings is 1. The molecule has 3 amide bonds. The lowest BCUT2D eigenvalue weighted by molar-refractivity contribution is -0.144. The van der Waals surface area contributed by atoms with Gasteiger partial charge in [-0.25, -0.2) is 0 Å². The molecule has 7 heteroatoms. The van der Waals surface area contributed by atoms with Crippen molar-refractivity contribution in [3.63, 3.8) is 0 Å². The molecule has 2 aromatic carbocycles. The third kappa shape index (κ3) is 4.49. The number of amides is 3. The zero-order chi connectivity index (χ0) is 25.1. The molecule has 2 aliphatic heterocycles. The fourth-order valence-corrected chi connectivity index (χ4v) is 5.42. The van der Waals surface area contributed by atoms with Crippen molar-refractivity contribution >= 4 is 23.4 Å². The second-order valence-corrected chi connectivity index (χ2v) is 9.67. The van der Waals surface area contributed by atoms with Crippen molar-refractivity contribution in [2.45, 2.75) is 37.8 Å². The first-order valence-corrected chi connectivity index (χ1v) is 12.4. The Morgan fingerprint density at radius 2 is 1.69 bits per heavy atom. The summed E-state index contributed by atoms with van der Waals surface area (Å²) in [4.78, 5) is 50.3. The molecular formula is C29H30N4O3. The minimum atomic E-state index is -1.20. The van der Waals surface area contributed by atoms with E-state index in [1.54, 1.807) is 18.5 Å². The Bertz CT molecular complexity index is 1240. The smallest absolute Gasteiger partial charge is 0.241 e. The number of hydrogen-bond acceptors (Lipinski definition) is 5. The maximum atomic E-state index is 13.9. The molecule has 0 bridgehead atoms. The zero-order valence-electron chi connectivity index (χ0n) is 20.4. The number of para-hydroxylation sites is 1. The highest BCUT2D eigenvalue weighted by atomic mass is 16.2. The fraction of sp³-hybridized carbons (Fsp3) is 0.310.